The van der Waals surface area contributed by atoms with Crippen molar-refractivity contribution < 1.29 is 22.7 Å². The molecular weight excluding hydrogens is 366 g/mol. The van der Waals surface area contributed by atoms with Gasteiger partial charge in [-0.1, -0.05) is 19.9 Å². The van der Waals surface area contributed by atoms with Crippen LogP contribution in [0.15, 0.2) is 41.3 Å². The normalized spacial score (nSPS) is 11.3. The molecule has 2 rings (SSSR count). The van der Waals surface area contributed by atoms with Crippen LogP contribution in [0.5, 0.6) is 5.75 Å². The third-order valence-corrected chi connectivity index (χ3v) is 5.59. The number of carbonyl (C=O) groups is 1. The van der Waals surface area contributed by atoms with Crippen LogP contribution in [-0.2, 0) is 14.8 Å². The first-order chi connectivity index (χ1) is 12.7. The Morgan fingerprint density at radius 2 is 1.89 bits per heavy atom. The molecule has 0 aromatic heterocycles. The van der Waals surface area contributed by atoms with E-state index < -0.39 is 16.0 Å². The zero-order valence-corrected chi connectivity index (χ0v) is 17.0. The van der Waals surface area contributed by atoms with Crippen molar-refractivity contribution in [3.05, 3.63) is 53.1 Å². The fourth-order valence-corrected chi connectivity index (χ4v) is 4.04. The van der Waals surface area contributed by atoms with E-state index in [2.05, 4.69) is 4.72 Å². The van der Waals surface area contributed by atoms with Crippen LogP contribution in [0.3, 0.4) is 0 Å². The van der Waals surface area contributed by atoms with E-state index in [0.29, 0.717) is 17.0 Å². The average Bonchev–Trinajstić information content (AvgIpc) is 2.60. The summed E-state index contributed by atoms with van der Waals surface area (Å²) in [5.74, 6) is 0.258. The maximum atomic E-state index is 12.9. The molecule has 0 saturated heterocycles. The third-order valence-electron chi connectivity index (χ3n) is 4.06. The van der Waals surface area contributed by atoms with E-state index in [4.69, 9.17) is 9.47 Å². The molecule has 2 aromatic rings. The Labute approximate surface area is 160 Å². The smallest absolute Gasteiger partial charge is 0.338 e. The fraction of sp³-hybridized carbons (Fsp3) is 0.350. The number of rotatable bonds is 7. The molecule has 2 aromatic carbocycles. The molecule has 0 fully saturated rings. The van der Waals surface area contributed by atoms with E-state index in [0.717, 1.165) is 5.56 Å². The molecule has 0 spiro atoms. The van der Waals surface area contributed by atoms with Crippen LogP contribution in [0.4, 0.5) is 5.69 Å². The Bertz CT molecular complexity index is 935. The highest BCUT2D eigenvalue weighted by Gasteiger charge is 2.21. The zero-order valence-electron chi connectivity index (χ0n) is 16.2. The minimum atomic E-state index is -3.84. The molecule has 0 aliphatic heterocycles. The van der Waals surface area contributed by atoms with Gasteiger partial charge in [0.05, 0.1) is 24.2 Å². The highest BCUT2D eigenvalue weighted by molar-refractivity contribution is 7.92. The Balaban J connectivity index is 2.41. The minimum absolute atomic E-state index is 0.0987. The lowest BCUT2D eigenvalue weighted by Gasteiger charge is -2.17. The van der Waals surface area contributed by atoms with Gasteiger partial charge in [-0.25, -0.2) is 13.2 Å². The first-order valence-electron chi connectivity index (χ1n) is 8.68. The molecule has 0 bridgehead atoms. The summed E-state index contributed by atoms with van der Waals surface area (Å²) in [5, 5.41) is 0. The van der Waals surface area contributed by atoms with Gasteiger partial charge in [-0.3, -0.25) is 4.72 Å². The minimum Gasteiger partial charge on any atom is -0.496 e. The quantitative estimate of drug-likeness (QED) is 0.719. The van der Waals surface area contributed by atoms with Gasteiger partial charge in [0, 0.05) is 5.69 Å². The Morgan fingerprint density at radius 1 is 1.19 bits per heavy atom. The first kappa shape index (κ1) is 20.8. The van der Waals surface area contributed by atoms with Crippen molar-refractivity contribution in [3.8, 4) is 5.75 Å². The first-order valence-corrected chi connectivity index (χ1v) is 10.2. The molecule has 6 nitrogen and oxygen atoms in total. The summed E-state index contributed by atoms with van der Waals surface area (Å²) >= 11 is 0. The zero-order chi connectivity index (χ0) is 20.2. The highest BCUT2D eigenvalue weighted by atomic mass is 32.2. The van der Waals surface area contributed by atoms with Gasteiger partial charge in [-0.05, 0) is 61.2 Å². The van der Waals surface area contributed by atoms with E-state index in [-0.39, 0.29) is 23.0 Å². The lowest BCUT2D eigenvalue weighted by Crippen LogP contribution is -2.16. The van der Waals surface area contributed by atoms with Crippen molar-refractivity contribution >= 4 is 21.7 Å². The molecule has 0 radical (unpaired) electrons. The van der Waals surface area contributed by atoms with Crippen LogP contribution in [0.25, 0.3) is 0 Å². The molecule has 1 N–H and O–H groups in total. The number of methoxy groups -OCH3 is 1. The number of aryl methyl sites for hydroxylation is 1. The number of hydrogen-bond acceptors (Lipinski definition) is 5. The fourth-order valence-electron chi connectivity index (χ4n) is 2.73. The van der Waals surface area contributed by atoms with Gasteiger partial charge in [0.2, 0.25) is 0 Å². The maximum absolute atomic E-state index is 12.9. The van der Waals surface area contributed by atoms with Crippen molar-refractivity contribution in [2.24, 2.45) is 0 Å². The second kappa shape index (κ2) is 8.43. The van der Waals surface area contributed by atoms with E-state index in [1.807, 2.05) is 13.8 Å². The maximum Gasteiger partial charge on any atom is 0.338 e. The van der Waals surface area contributed by atoms with Crippen molar-refractivity contribution in [1.29, 1.82) is 0 Å². The van der Waals surface area contributed by atoms with Gasteiger partial charge >= 0.3 is 5.97 Å². The van der Waals surface area contributed by atoms with Crippen LogP contribution < -0.4 is 9.46 Å². The molecule has 146 valence electrons. The van der Waals surface area contributed by atoms with Crippen LogP contribution in [0.2, 0.25) is 0 Å². The summed E-state index contributed by atoms with van der Waals surface area (Å²) in [6.07, 6.45) is 0. The molecule has 0 aliphatic rings. The Hall–Kier alpha value is -2.54. The second-order valence-corrected chi connectivity index (χ2v) is 8.07. The van der Waals surface area contributed by atoms with Gasteiger partial charge in [0.1, 0.15) is 5.75 Å². The SMILES string of the molecule is CCOC(=O)c1cccc(NS(=O)(=O)c2cc(C(C)C)c(OC)cc2C)c1. The molecule has 0 aliphatic carbocycles. The highest BCUT2D eigenvalue weighted by Crippen LogP contribution is 2.32. The summed E-state index contributed by atoms with van der Waals surface area (Å²) in [6.45, 7) is 7.62. The van der Waals surface area contributed by atoms with Crippen LogP contribution in [-0.4, -0.2) is 28.1 Å². The topological polar surface area (TPSA) is 81.7 Å². The predicted molar refractivity (Wildman–Crippen MR) is 105 cm³/mol. The molecule has 0 amide bonds. The third kappa shape index (κ3) is 4.80. The van der Waals surface area contributed by atoms with Crippen LogP contribution in [0, 0.1) is 6.92 Å². The Kier molecular flexibility index (Phi) is 6.49. The summed E-state index contributed by atoms with van der Waals surface area (Å²) in [5.41, 5.74) is 1.96. The van der Waals surface area contributed by atoms with Crippen molar-refractivity contribution in [2.75, 3.05) is 18.4 Å². The number of sulfonamides is 1. The van der Waals surface area contributed by atoms with E-state index in [9.17, 15) is 13.2 Å². The molecule has 27 heavy (non-hydrogen) atoms. The number of hydrogen-bond donors (Lipinski definition) is 1. The monoisotopic (exact) mass is 391 g/mol. The average molecular weight is 391 g/mol. The van der Waals surface area contributed by atoms with Crippen molar-refractivity contribution in [2.45, 2.75) is 38.5 Å². The van der Waals surface area contributed by atoms with Gasteiger partial charge in [-0.15, -0.1) is 0 Å². The van der Waals surface area contributed by atoms with E-state index in [1.54, 1.807) is 51.3 Å². The number of esters is 1. The number of nitrogens with one attached hydrogen (secondary N) is 1. The lowest BCUT2D eigenvalue weighted by molar-refractivity contribution is 0.0526. The van der Waals surface area contributed by atoms with E-state index in [1.165, 1.54) is 6.07 Å². The number of benzene rings is 2. The standard InChI is InChI=1S/C20H25NO5S/c1-6-26-20(22)15-8-7-9-16(11-15)21-27(23,24)19-12-17(13(2)3)18(25-5)10-14(19)4/h7-13,21H,6H2,1-5H3. The van der Waals surface area contributed by atoms with Gasteiger partial charge < -0.3 is 9.47 Å². The number of anilines is 1. The van der Waals surface area contributed by atoms with Crippen molar-refractivity contribution in [1.82, 2.24) is 0 Å². The largest absolute Gasteiger partial charge is 0.496 e. The van der Waals surface area contributed by atoms with Crippen LogP contribution >= 0.6 is 0 Å². The second-order valence-electron chi connectivity index (χ2n) is 6.42. The van der Waals surface area contributed by atoms with Gasteiger partial charge in [-0.2, -0.15) is 0 Å². The van der Waals surface area contributed by atoms with Gasteiger partial charge in [0.25, 0.3) is 10.0 Å². The van der Waals surface area contributed by atoms with Crippen molar-refractivity contribution in [3.63, 3.8) is 0 Å². The van der Waals surface area contributed by atoms with Crippen LogP contribution in [0.1, 0.15) is 48.2 Å². The molecular formula is C20H25NO5S. The molecule has 7 heteroatoms. The summed E-state index contributed by atoms with van der Waals surface area (Å²) in [7, 11) is -2.27. The predicted octanol–water partition coefficient (Wildman–Crippen LogP) is 4.10. The summed E-state index contributed by atoms with van der Waals surface area (Å²) in [4.78, 5) is 12.0. The molecule has 0 saturated carbocycles. The van der Waals surface area contributed by atoms with Gasteiger partial charge in [0.15, 0.2) is 0 Å². The molecule has 0 unspecified atom stereocenters. The molecule has 0 atom stereocenters. The Morgan fingerprint density at radius 3 is 2.48 bits per heavy atom. The summed E-state index contributed by atoms with van der Waals surface area (Å²) in [6, 6.07) is 9.57. The lowest BCUT2D eigenvalue weighted by atomic mass is 10.0. The van der Waals surface area contributed by atoms with E-state index >= 15 is 0 Å². The number of carbonyl (C=O) groups excluding carboxylic acids is 1. The molecule has 0 heterocycles. The number of ether oxygens (including phenoxy) is 2. The summed E-state index contributed by atoms with van der Waals surface area (Å²) < 4.78 is 38.7.